The van der Waals surface area contributed by atoms with E-state index >= 15 is 0 Å². The first kappa shape index (κ1) is 21.6. The van der Waals surface area contributed by atoms with Gasteiger partial charge in [0, 0.05) is 0 Å². The SMILES string of the molecule is Cc1ccc2c(c1)c(=O)n(-c1ccccc1Cl)c(=O)n2CC(=O)NC(C)c1ccccc1. The Hall–Kier alpha value is -3.64. The van der Waals surface area contributed by atoms with Crippen molar-refractivity contribution in [2.24, 2.45) is 0 Å². The fourth-order valence-electron chi connectivity index (χ4n) is 3.74. The Kier molecular flexibility index (Phi) is 5.97. The molecule has 0 bridgehead atoms. The standard InChI is InChI=1S/C25H22ClN3O3/c1-16-12-13-21-19(14-16)24(31)29(22-11-7-6-10-20(22)26)25(32)28(21)15-23(30)27-17(2)18-8-4-3-5-9-18/h3-14,17H,15H2,1-2H3,(H,27,30). The molecule has 0 saturated heterocycles. The molecule has 0 saturated carbocycles. The van der Waals surface area contributed by atoms with Crippen molar-refractivity contribution in [3.63, 3.8) is 0 Å². The minimum atomic E-state index is -0.623. The van der Waals surface area contributed by atoms with Crippen LogP contribution in [0.25, 0.3) is 16.6 Å². The first-order valence-electron chi connectivity index (χ1n) is 10.2. The average molecular weight is 448 g/mol. The van der Waals surface area contributed by atoms with Gasteiger partial charge in [-0.15, -0.1) is 0 Å². The molecule has 4 rings (SSSR count). The lowest BCUT2D eigenvalue weighted by atomic mass is 10.1. The number of halogens is 1. The van der Waals surface area contributed by atoms with Crippen LogP contribution in [0.2, 0.25) is 5.02 Å². The fraction of sp³-hybridized carbons (Fsp3) is 0.160. The number of aryl methyl sites for hydroxylation is 1. The molecule has 1 unspecified atom stereocenters. The Bertz CT molecular complexity index is 1420. The largest absolute Gasteiger partial charge is 0.348 e. The minimum absolute atomic E-state index is 0.234. The summed E-state index contributed by atoms with van der Waals surface area (Å²) in [5.74, 6) is -0.338. The number of amides is 1. The van der Waals surface area contributed by atoms with E-state index in [0.29, 0.717) is 10.9 Å². The van der Waals surface area contributed by atoms with Gasteiger partial charge in [-0.1, -0.05) is 65.7 Å². The molecule has 0 fully saturated rings. The first-order valence-corrected chi connectivity index (χ1v) is 10.6. The van der Waals surface area contributed by atoms with E-state index in [9.17, 15) is 14.4 Å². The Balaban J connectivity index is 1.82. The molecule has 6 nitrogen and oxygen atoms in total. The normalized spacial score (nSPS) is 12.0. The molecule has 4 aromatic rings. The van der Waals surface area contributed by atoms with Crippen LogP contribution in [-0.2, 0) is 11.3 Å². The van der Waals surface area contributed by atoms with Gasteiger partial charge in [-0.25, -0.2) is 9.36 Å². The number of nitrogens with one attached hydrogen (secondary N) is 1. The van der Waals surface area contributed by atoms with Gasteiger partial charge < -0.3 is 5.32 Å². The van der Waals surface area contributed by atoms with E-state index in [1.165, 1.54) is 4.57 Å². The number of hydrogen-bond donors (Lipinski definition) is 1. The Morgan fingerprint density at radius 3 is 2.41 bits per heavy atom. The number of fused-ring (bicyclic) bond motifs is 1. The zero-order chi connectivity index (χ0) is 22.8. The maximum atomic E-state index is 13.4. The third-order valence-electron chi connectivity index (χ3n) is 5.37. The Labute approximate surface area is 189 Å². The molecule has 1 amide bonds. The van der Waals surface area contributed by atoms with Gasteiger partial charge in [0.2, 0.25) is 5.91 Å². The van der Waals surface area contributed by atoms with Crippen LogP contribution >= 0.6 is 11.6 Å². The molecular formula is C25H22ClN3O3. The topological polar surface area (TPSA) is 73.1 Å². The Morgan fingerprint density at radius 1 is 1.00 bits per heavy atom. The quantitative estimate of drug-likeness (QED) is 0.502. The lowest BCUT2D eigenvalue weighted by molar-refractivity contribution is -0.122. The van der Waals surface area contributed by atoms with Crippen LogP contribution in [0.5, 0.6) is 0 Å². The summed E-state index contributed by atoms with van der Waals surface area (Å²) in [6.45, 7) is 3.50. The van der Waals surface area contributed by atoms with E-state index in [4.69, 9.17) is 11.6 Å². The van der Waals surface area contributed by atoms with Crippen LogP contribution in [0.4, 0.5) is 0 Å². The molecule has 32 heavy (non-hydrogen) atoms. The van der Waals surface area contributed by atoms with Gasteiger partial charge in [0.25, 0.3) is 5.56 Å². The van der Waals surface area contributed by atoms with Crippen molar-refractivity contribution in [2.75, 3.05) is 0 Å². The van der Waals surface area contributed by atoms with E-state index in [-0.39, 0.29) is 29.2 Å². The molecule has 3 aromatic carbocycles. The van der Waals surface area contributed by atoms with E-state index < -0.39 is 11.2 Å². The van der Waals surface area contributed by atoms with E-state index in [2.05, 4.69) is 5.32 Å². The number of hydrogen-bond acceptors (Lipinski definition) is 3. The van der Waals surface area contributed by atoms with Crippen molar-refractivity contribution >= 4 is 28.4 Å². The average Bonchev–Trinajstić information content (AvgIpc) is 2.78. The number of aromatic nitrogens is 2. The van der Waals surface area contributed by atoms with Crippen LogP contribution in [0.1, 0.15) is 24.1 Å². The van der Waals surface area contributed by atoms with Crippen molar-refractivity contribution in [3.8, 4) is 5.69 Å². The highest BCUT2D eigenvalue weighted by Crippen LogP contribution is 2.19. The van der Waals surface area contributed by atoms with Gasteiger partial charge >= 0.3 is 5.69 Å². The number of nitrogens with zero attached hydrogens (tertiary/aromatic N) is 2. The van der Waals surface area contributed by atoms with Gasteiger partial charge in [0.15, 0.2) is 0 Å². The van der Waals surface area contributed by atoms with Crippen molar-refractivity contribution in [3.05, 3.63) is 110 Å². The number of rotatable bonds is 5. The summed E-state index contributed by atoms with van der Waals surface area (Å²) in [6, 6.07) is 21.2. The van der Waals surface area contributed by atoms with Gasteiger partial charge in [0.1, 0.15) is 6.54 Å². The lowest BCUT2D eigenvalue weighted by Crippen LogP contribution is -2.42. The van der Waals surface area contributed by atoms with Crippen LogP contribution in [-0.4, -0.2) is 15.0 Å². The molecule has 0 aliphatic rings. The molecule has 1 N–H and O–H groups in total. The Morgan fingerprint density at radius 2 is 1.69 bits per heavy atom. The molecule has 1 atom stereocenters. The van der Waals surface area contributed by atoms with Gasteiger partial charge in [-0.3, -0.25) is 14.2 Å². The summed E-state index contributed by atoms with van der Waals surface area (Å²) < 4.78 is 2.34. The highest BCUT2D eigenvalue weighted by molar-refractivity contribution is 6.32. The maximum Gasteiger partial charge on any atom is 0.336 e. The summed E-state index contributed by atoms with van der Waals surface area (Å²) in [5, 5.41) is 3.53. The third kappa shape index (κ3) is 4.09. The zero-order valence-corrected chi connectivity index (χ0v) is 18.5. The molecular weight excluding hydrogens is 426 g/mol. The number of carbonyl (C=O) groups excluding carboxylic acids is 1. The highest BCUT2D eigenvalue weighted by atomic mass is 35.5. The van der Waals surface area contributed by atoms with Crippen LogP contribution in [0, 0.1) is 6.92 Å². The maximum absolute atomic E-state index is 13.4. The van der Waals surface area contributed by atoms with Gasteiger partial charge in [-0.05, 0) is 43.7 Å². The molecule has 0 spiro atoms. The number of benzene rings is 3. The van der Waals surface area contributed by atoms with Crippen LogP contribution < -0.4 is 16.6 Å². The summed E-state index contributed by atoms with van der Waals surface area (Å²) in [6.07, 6.45) is 0. The molecule has 162 valence electrons. The molecule has 0 aliphatic carbocycles. The smallest absolute Gasteiger partial charge is 0.336 e. The predicted molar refractivity (Wildman–Crippen MR) is 127 cm³/mol. The third-order valence-corrected chi connectivity index (χ3v) is 5.69. The van der Waals surface area contributed by atoms with Gasteiger partial charge in [-0.2, -0.15) is 0 Å². The fourth-order valence-corrected chi connectivity index (χ4v) is 3.96. The highest BCUT2D eigenvalue weighted by Gasteiger charge is 2.19. The predicted octanol–water partition coefficient (Wildman–Crippen LogP) is 3.99. The second-order valence-corrected chi connectivity index (χ2v) is 8.09. The zero-order valence-electron chi connectivity index (χ0n) is 17.7. The number of para-hydroxylation sites is 1. The van der Waals surface area contributed by atoms with Crippen molar-refractivity contribution < 1.29 is 4.79 Å². The lowest BCUT2D eigenvalue weighted by Gasteiger charge is -2.17. The number of carbonyl (C=O) groups is 1. The second kappa shape index (κ2) is 8.85. The molecule has 1 aromatic heterocycles. The van der Waals surface area contributed by atoms with Crippen molar-refractivity contribution in [2.45, 2.75) is 26.4 Å². The van der Waals surface area contributed by atoms with Crippen molar-refractivity contribution in [1.29, 1.82) is 0 Å². The summed E-state index contributed by atoms with van der Waals surface area (Å²) in [7, 11) is 0. The summed E-state index contributed by atoms with van der Waals surface area (Å²) in [5.41, 5.74) is 1.40. The van der Waals surface area contributed by atoms with Crippen LogP contribution in [0.3, 0.4) is 0 Å². The summed E-state index contributed by atoms with van der Waals surface area (Å²) in [4.78, 5) is 39.5. The molecule has 7 heteroatoms. The van der Waals surface area contributed by atoms with E-state index in [1.54, 1.807) is 36.4 Å². The van der Waals surface area contributed by atoms with Gasteiger partial charge in [0.05, 0.1) is 27.7 Å². The molecule has 1 heterocycles. The first-order chi connectivity index (χ1) is 15.4. The van der Waals surface area contributed by atoms with Crippen molar-refractivity contribution in [1.82, 2.24) is 14.5 Å². The van der Waals surface area contributed by atoms with E-state index in [0.717, 1.165) is 15.7 Å². The van der Waals surface area contributed by atoms with Crippen LogP contribution in [0.15, 0.2) is 82.4 Å². The molecule has 0 aliphatic heterocycles. The molecule has 0 radical (unpaired) electrons. The minimum Gasteiger partial charge on any atom is -0.348 e. The second-order valence-electron chi connectivity index (χ2n) is 7.68. The van der Waals surface area contributed by atoms with E-state index in [1.807, 2.05) is 50.2 Å². The monoisotopic (exact) mass is 447 g/mol. The summed E-state index contributed by atoms with van der Waals surface area (Å²) >= 11 is 6.29.